The molecule has 0 aliphatic carbocycles. The van der Waals surface area contributed by atoms with Gasteiger partial charge in [-0.05, 0) is 22.9 Å². The molecule has 1 aliphatic heterocycles. The monoisotopic (exact) mass is 221 g/mol. The van der Waals surface area contributed by atoms with E-state index < -0.39 is 11.6 Å². The summed E-state index contributed by atoms with van der Waals surface area (Å²) in [6.07, 6.45) is 0.430. The molecule has 11 heavy (non-hydrogen) atoms. The highest BCUT2D eigenvalue weighted by Crippen LogP contribution is 2.26. The molecule has 0 aromatic heterocycles. The molecule has 0 N–H and O–H groups in total. The standard InChI is InChI=1S/C6H8BrNO3/c1-6(5(9)10-2)3-4(7)8-11-6/h3H2,1-2H3. The lowest BCUT2D eigenvalue weighted by Crippen LogP contribution is -2.36. The maximum absolute atomic E-state index is 11.0. The summed E-state index contributed by atoms with van der Waals surface area (Å²) in [7, 11) is 1.32. The van der Waals surface area contributed by atoms with Crippen LogP contribution < -0.4 is 0 Å². The largest absolute Gasteiger partial charge is 0.466 e. The molecule has 0 spiro atoms. The lowest BCUT2D eigenvalue weighted by atomic mass is 10.1. The Hall–Kier alpha value is -0.580. The molecule has 0 aromatic carbocycles. The van der Waals surface area contributed by atoms with E-state index in [4.69, 9.17) is 4.84 Å². The van der Waals surface area contributed by atoms with Gasteiger partial charge in [-0.1, -0.05) is 5.16 Å². The summed E-state index contributed by atoms with van der Waals surface area (Å²) in [5.41, 5.74) is -0.937. The first-order valence-electron chi connectivity index (χ1n) is 3.07. The maximum Gasteiger partial charge on any atom is 0.353 e. The molecule has 0 fully saturated rings. The highest BCUT2D eigenvalue weighted by Gasteiger charge is 2.42. The van der Waals surface area contributed by atoms with Gasteiger partial charge >= 0.3 is 5.97 Å². The molecule has 1 unspecified atom stereocenters. The van der Waals surface area contributed by atoms with Crippen molar-refractivity contribution in [1.82, 2.24) is 0 Å². The van der Waals surface area contributed by atoms with E-state index in [-0.39, 0.29) is 0 Å². The number of rotatable bonds is 1. The molecule has 1 aliphatic rings. The second kappa shape index (κ2) is 2.81. The second-order valence-electron chi connectivity index (χ2n) is 2.46. The molecule has 0 saturated carbocycles. The third kappa shape index (κ3) is 1.53. The molecule has 0 saturated heterocycles. The molecular formula is C6H8BrNO3. The van der Waals surface area contributed by atoms with Crippen molar-refractivity contribution in [2.45, 2.75) is 18.9 Å². The van der Waals surface area contributed by atoms with E-state index >= 15 is 0 Å². The number of carbonyl (C=O) groups excluding carboxylic acids is 1. The summed E-state index contributed by atoms with van der Waals surface area (Å²) in [5, 5.41) is 3.59. The zero-order valence-electron chi connectivity index (χ0n) is 6.26. The quantitative estimate of drug-likeness (QED) is 0.623. The van der Waals surface area contributed by atoms with Gasteiger partial charge in [0.15, 0.2) is 0 Å². The Labute approximate surface area is 72.7 Å². The van der Waals surface area contributed by atoms with Crippen molar-refractivity contribution in [3.63, 3.8) is 0 Å². The summed E-state index contributed by atoms with van der Waals surface area (Å²) >= 11 is 3.13. The van der Waals surface area contributed by atoms with Gasteiger partial charge in [0.2, 0.25) is 5.60 Å². The summed E-state index contributed by atoms with van der Waals surface area (Å²) in [6, 6.07) is 0. The van der Waals surface area contributed by atoms with Crippen molar-refractivity contribution in [3.8, 4) is 0 Å². The normalized spacial score (nSPS) is 29.2. The molecule has 1 heterocycles. The molecule has 1 atom stereocenters. The average molecular weight is 222 g/mol. The zero-order chi connectivity index (χ0) is 8.48. The first-order valence-corrected chi connectivity index (χ1v) is 3.87. The van der Waals surface area contributed by atoms with Crippen LogP contribution in [-0.4, -0.2) is 23.3 Å². The average Bonchev–Trinajstić information content (AvgIpc) is 2.31. The van der Waals surface area contributed by atoms with E-state index in [1.165, 1.54) is 7.11 Å². The third-order valence-electron chi connectivity index (χ3n) is 1.45. The topological polar surface area (TPSA) is 47.9 Å². The van der Waals surface area contributed by atoms with Gasteiger partial charge < -0.3 is 9.57 Å². The van der Waals surface area contributed by atoms with Crippen molar-refractivity contribution in [2.75, 3.05) is 7.11 Å². The minimum atomic E-state index is -0.937. The summed E-state index contributed by atoms with van der Waals surface area (Å²) in [4.78, 5) is 15.9. The summed E-state index contributed by atoms with van der Waals surface area (Å²) in [5.74, 6) is -0.407. The van der Waals surface area contributed by atoms with Crippen LogP contribution in [0, 0.1) is 0 Å². The Kier molecular flexibility index (Phi) is 2.17. The highest BCUT2D eigenvalue weighted by molar-refractivity contribution is 9.18. The van der Waals surface area contributed by atoms with E-state index in [2.05, 4.69) is 25.8 Å². The Morgan fingerprint density at radius 3 is 2.91 bits per heavy atom. The van der Waals surface area contributed by atoms with Crippen LogP contribution in [0.3, 0.4) is 0 Å². The van der Waals surface area contributed by atoms with Crippen molar-refractivity contribution in [3.05, 3.63) is 0 Å². The fraction of sp³-hybridized carbons (Fsp3) is 0.667. The van der Waals surface area contributed by atoms with Gasteiger partial charge in [0.25, 0.3) is 0 Å². The molecule has 0 aromatic rings. The van der Waals surface area contributed by atoms with Gasteiger partial charge in [-0.15, -0.1) is 0 Å². The first kappa shape index (κ1) is 8.52. The number of ether oxygens (including phenoxy) is 1. The first-order chi connectivity index (χ1) is 5.08. The van der Waals surface area contributed by atoms with Crippen molar-refractivity contribution in [1.29, 1.82) is 0 Å². The lowest BCUT2D eigenvalue weighted by molar-refractivity contribution is -0.164. The Balaban J connectivity index is 2.66. The molecular weight excluding hydrogens is 214 g/mol. The third-order valence-corrected chi connectivity index (χ3v) is 1.87. The van der Waals surface area contributed by atoms with Crippen LogP contribution in [0.1, 0.15) is 13.3 Å². The number of esters is 1. The smallest absolute Gasteiger partial charge is 0.353 e. The number of carbonyl (C=O) groups is 1. The predicted octanol–water partition coefficient (Wildman–Crippen LogP) is 1.05. The second-order valence-corrected chi connectivity index (χ2v) is 3.37. The van der Waals surface area contributed by atoms with Crippen molar-refractivity contribution in [2.24, 2.45) is 5.16 Å². The summed E-state index contributed by atoms with van der Waals surface area (Å²) in [6.45, 7) is 1.64. The van der Waals surface area contributed by atoms with Gasteiger partial charge in [0.05, 0.1) is 13.5 Å². The van der Waals surface area contributed by atoms with Crippen LogP contribution in [0.5, 0.6) is 0 Å². The number of methoxy groups -OCH3 is 1. The Bertz CT molecular complexity index is 216. The number of hydrogen-bond acceptors (Lipinski definition) is 4. The number of oxime groups is 1. The van der Waals surface area contributed by atoms with Crippen molar-refractivity contribution >= 4 is 26.5 Å². The van der Waals surface area contributed by atoms with Crippen LogP contribution in [0.15, 0.2) is 5.16 Å². The van der Waals surface area contributed by atoms with Crippen LogP contribution in [-0.2, 0) is 14.4 Å². The van der Waals surface area contributed by atoms with Crippen molar-refractivity contribution < 1.29 is 14.4 Å². The Morgan fingerprint density at radius 1 is 1.91 bits per heavy atom. The van der Waals surface area contributed by atoms with E-state index in [1.807, 2.05) is 0 Å². The van der Waals surface area contributed by atoms with E-state index in [0.717, 1.165) is 0 Å². The molecule has 62 valence electrons. The number of nitrogens with zero attached hydrogens (tertiary/aromatic N) is 1. The van der Waals surface area contributed by atoms with E-state index in [9.17, 15) is 4.79 Å². The van der Waals surface area contributed by atoms with Gasteiger partial charge in [0, 0.05) is 0 Å². The van der Waals surface area contributed by atoms with Gasteiger partial charge in [-0.25, -0.2) is 4.79 Å². The number of hydrogen-bond donors (Lipinski definition) is 0. The summed E-state index contributed by atoms with van der Waals surface area (Å²) < 4.78 is 5.16. The van der Waals surface area contributed by atoms with Gasteiger partial charge in [-0.3, -0.25) is 0 Å². The van der Waals surface area contributed by atoms with E-state index in [1.54, 1.807) is 6.92 Å². The predicted molar refractivity (Wildman–Crippen MR) is 42.5 cm³/mol. The molecule has 5 heteroatoms. The fourth-order valence-corrected chi connectivity index (χ4v) is 1.43. The maximum atomic E-state index is 11.0. The van der Waals surface area contributed by atoms with Gasteiger partial charge in [0.1, 0.15) is 4.62 Å². The lowest BCUT2D eigenvalue weighted by Gasteiger charge is -2.16. The highest BCUT2D eigenvalue weighted by atomic mass is 79.9. The molecule has 0 amide bonds. The molecule has 0 radical (unpaired) electrons. The molecule has 0 bridgehead atoms. The van der Waals surface area contributed by atoms with E-state index in [0.29, 0.717) is 11.0 Å². The molecule has 1 rings (SSSR count). The number of halogens is 1. The van der Waals surface area contributed by atoms with Crippen LogP contribution >= 0.6 is 15.9 Å². The SMILES string of the molecule is COC(=O)C1(C)CC(Br)=NO1. The Morgan fingerprint density at radius 2 is 2.55 bits per heavy atom. The van der Waals surface area contributed by atoms with Crippen LogP contribution in [0.25, 0.3) is 0 Å². The minimum absolute atomic E-state index is 0.407. The van der Waals surface area contributed by atoms with Crippen LogP contribution in [0.2, 0.25) is 0 Å². The fourth-order valence-electron chi connectivity index (χ4n) is 0.819. The molecule has 4 nitrogen and oxygen atoms in total. The van der Waals surface area contributed by atoms with Gasteiger partial charge in [-0.2, -0.15) is 0 Å². The minimum Gasteiger partial charge on any atom is -0.466 e. The van der Waals surface area contributed by atoms with Crippen LogP contribution in [0.4, 0.5) is 0 Å². The zero-order valence-corrected chi connectivity index (χ0v) is 7.84.